The van der Waals surface area contributed by atoms with Gasteiger partial charge in [-0.2, -0.15) is 5.26 Å². The van der Waals surface area contributed by atoms with Crippen molar-refractivity contribution in [1.29, 1.82) is 5.26 Å². The minimum absolute atomic E-state index is 0.267. The SMILES string of the molecule is CCOc1cc(C#N)ccc1O[C@@H](C)C(=O)c1ccc(F)cc1. The first-order valence-corrected chi connectivity index (χ1v) is 7.18. The molecule has 0 aliphatic carbocycles. The van der Waals surface area contributed by atoms with Crippen LogP contribution in [0.5, 0.6) is 11.5 Å². The van der Waals surface area contributed by atoms with Gasteiger partial charge in [-0.15, -0.1) is 0 Å². The van der Waals surface area contributed by atoms with Gasteiger partial charge in [0.2, 0.25) is 5.78 Å². The monoisotopic (exact) mass is 313 g/mol. The van der Waals surface area contributed by atoms with E-state index in [9.17, 15) is 9.18 Å². The van der Waals surface area contributed by atoms with Gasteiger partial charge in [0, 0.05) is 11.6 Å². The average Bonchev–Trinajstić information content (AvgIpc) is 2.56. The molecule has 0 bridgehead atoms. The van der Waals surface area contributed by atoms with Crippen LogP contribution in [-0.4, -0.2) is 18.5 Å². The number of nitrogens with zero attached hydrogens (tertiary/aromatic N) is 1. The van der Waals surface area contributed by atoms with Crippen molar-refractivity contribution in [3.05, 3.63) is 59.4 Å². The highest BCUT2D eigenvalue weighted by atomic mass is 19.1. The molecule has 0 saturated heterocycles. The lowest BCUT2D eigenvalue weighted by Gasteiger charge is -2.17. The number of benzene rings is 2. The van der Waals surface area contributed by atoms with Crippen LogP contribution in [0.25, 0.3) is 0 Å². The van der Waals surface area contributed by atoms with E-state index < -0.39 is 11.9 Å². The topological polar surface area (TPSA) is 59.3 Å². The summed E-state index contributed by atoms with van der Waals surface area (Å²) in [6.07, 6.45) is -0.771. The van der Waals surface area contributed by atoms with E-state index in [1.165, 1.54) is 24.3 Å². The Morgan fingerprint density at radius 1 is 1.22 bits per heavy atom. The Morgan fingerprint density at radius 2 is 1.91 bits per heavy atom. The van der Waals surface area contributed by atoms with E-state index in [1.54, 1.807) is 25.1 Å². The van der Waals surface area contributed by atoms with Gasteiger partial charge in [-0.05, 0) is 50.2 Å². The fourth-order valence-corrected chi connectivity index (χ4v) is 2.04. The first-order chi connectivity index (χ1) is 11.0. The maximum atomic E-state index is 12.9. The molecule has 0 amide bonds. The van der Waals surface area contributed by atoms with Crippen molar-refractivity contribution in [3.8, 4) is 17.6 Å². The number of rotatable bonds is 6. The van der Waals surface area contributed by atoms with Crippen LogP contribution in [0.4, 0.5) is 4.39 Å². The zero-order valence-electron chi connectivity index (χ0n) is 12.9. The van der Waals surface area contributed by atoms with Crippen molar-refractivity contribution in [2.24, 2.45) is 0 Å². The molecular weight excluding hydrogens is 297 g/mol. The van der Waals surface area contributed by atoms with E-state index in [1.807, 2.05) is 13.0 Å². The summed E-state index contributed by atoms with van der Waals surface area (Å²) in [6, 6.07) is 12.1. The van der Waals surface area contributed by atoms with Gasteiger partial charge < -0.3 is 9.47 Å². The summed E-state index contributed by atoms with van der Waals surface area (Å²) >= 11 is 0. The molecule has 1 atom stereocenters. The van der Waals surface area contributed by atoms with Gasteiger partial charge >= 0.3 is 0 Å². The second kappa shape index (κ2) is 7.41. The van der Waals surface area contributed by atoms with Crippen LogP contribution < -0.4 is 9.47 Å². The largest absolute Gasteiger partial charge is 0.490 e. The Hall–Kier alpha value is -2.87. The number of ether oxygens (including phenoxy) is 2. The number of carbonyl (C=O) groups excluding carboxylic acids is 1. The zero-order valence-corrected chi connectivity index (χ0v) is 12.9. The van der Waals surface area contributed by atoms with E-state index in [-0.39, 0.29) is 5.78 Å². The number of carbonyl (C=O) groups is 1. The number of ketones is 1. The van der Waals surface area contributed by atoms with Crippen LogP contribution >= 0.6 is 0 Å². The van der Waals surface area contributed by atoms with Crippen LogP contribution in [0.3, 0.4) is 0 Å². The summed E-state index contributed by atoms with van der Waals surface area (Å²) in [6.45, 7) is 3.83. The van der Waals surface area contributed by atoms with Gasteiger partial charge in [-0.3, -0.25) is 4.79 Å². The third-order valence-electron chi connectivity index (χ3n) is 3.17. The number of Topliss-reactive ketones (excluding diaryl/α,β-unsaturated/α-hetero) is 1. The smallest absolute Gasteiger partial charge is 0.202 e. The lowest BCUT2D eigenvalue weighted by atomic mass is 10.1. The molecule has 23 heavy (non-hydrogen) atoms. The molecule has 0 aromatic heterocycles. The molecule has 2 aromatic carbocycles. The predicted molar refractivity (Wildman–Crippen MR) is 83.1 cm³/mol. The van der Waals surface area contributed by atoms with Gasteiger partial charge in [0.1, 0.15) is 5.82 Å². The highest BCUT2D eigenvalue weighted by Crippen LogP contribution is 2.29. The van der Waals surface area contributed by atoms with E-state index in [0.29, 0.717) is 29.2 Å². The molecule has 0 heterocycles. The van der Waals surface area contributed by atoms with Crippen LogP contribution in [-0.2, 0) is 0 Å². The maximum Gasteiger partial charge on any atom is 0.202 e. The Kier molecular flexibility index (Phi) is 5.32. The van der Waals surface area contributed by atoms with Crippen LogP contribution in [0.2, 0.25) is 0 Å². The third-order valence-corrected chi connectivity index (χ3v) is 3.17. The van der Waals surface area contributed by atoms with Crippen LogP contribution in [0.1, 0.15) is 29.8 Å². The fraction of sp³-hybridized carbons (Fsp3) is 0.222. The molecule has 5 heteroatoms. The number of nitriles is 1. The predicted octanol–water partition coefficient (Wildman–Crippen LogP) is 3.75. The molecule has 0 radical (unpaired) electrons. The van der Waals surface area contributed by atoms with E-state index in [0.717, 1.165) is 0 Å². The third kappa shape index (κ3) is 4.07. The van der Waals surface area contributed by atoms with Gasteiger partial charge in [-0.25, -0.2) is 4.39 Å². The highest BCUT2D eigenvalue weighted by Gasteiger charge is 2.19. The molecule has 0 aliphatic heterocycles. The van der Waals surface area contributed by atoms with Crippen molar-refractivity contribution in [2.45, 2.75) is 20.0 Å². The average molecular weight is 313 g/mol. The molecular formula is C18H16FNO3. The molecule has 0 unspecified atom stereocenters. The number of hydrogen-bond donors (Lipinski definition) is 0. The molecule has 2 aromatic rings. The molecule has 0 N–H and O–H groups in total. The van der Waals surface area contributed by atoms with E-state index >= 15 is 0 Å². The highest BCUT2D eigenvalue weighted by molar-refractivity contribution is 5.99. The molecule has 0 fully saturated rings. The number of halogens is 1. The first-order valence-electron chi connectivity index (χ1n) is 7.18. The summed E-state index contributed by atoms with van der Waals surface area (Å²) in [7, 11) is 0. The normalized spacial score (nSPS) is 11.4. The minimum Gasteiger partial charge on any atom is -0.490 e. The molecule has 2 rings (SSSR count). The quantitative estimate of drug-likeness (QED) is 0.762. The summed E-state index contributed by atoms with van der Waals surface area (Å²) < 4.78 is 24.0. The van der Waals surface area contributed by atoms with Crippen molar-refractivity contribution in [1.82, 2.24) is 0 Å². The second-order valence-electron chi connectivity index (χ2n) is 4.84. The summed E-state index contributed by atoms with van der Waals surface area (Å²) in [5.41, 5.74) is 0.809. The van der Waals surface area contributed by atoms with Crippen molar-refractivity contribution >= 4 is 5.78 Å². The Balaban J connectivity index is 2.19. The van der Waals surface area contributed by atoms with Crippen molar-refractivity contribution in [3.63, 3.8) is 0 Å². The molecule has 4 nitrogen and oxygen atoms in total. The molecule has 118 valence electrons. The Labute approximate surface area is 134 Å². The summed E-state index contributed by atoms with van der Waals surface area (Å²) in [5, 5.41) is 8.93. The van der Waals surface area contributed by atoms with Crippen molar-refractivity contribution < 1.29 is 18.7 Å². The number of hydrogen-bond acceptors (Lipinski definition) is 4. The maximum absolute atomic E-state index is 12.9. The van der Waals surface area contributed by atoms with Gasteiger partial charge in [0.15, 0.2) is 17.6 Å². The molecule has 0 saturated carbocycles. The lowest BCUT2D eigenvalue weighted by molar-refractivity contribution is 0.0813. The fourth-order valence-electron chi connectivity index (χ4n) is 2.04. The van der Waals surface area contributed by atoms with Gasteiger partial charge in [0.25, 0.3) is 0 Å². The van der Waals surface area contributed by atoms with Gasteiger partial charge in [0.05, 0.1) is 18.2 Å². The Bertz CT molecular complexity index is 735. The van der Waals surface area contributed by atoms with E-state index in [2.05, 4.69) is 0 Å². The molecule has 0 aliphatic rings. The zero-order chi connectivity index (χ0) is 16.8. The van der Waals surface area contributed by atoms with Gasteiger partial charge in [-0.1, -0.05) is 0 Å². The summed E-state index contributed by atoms with van der Waals surface area (Å²) in [5.74, 6) is 0.122. The standard InChI is InChI=1S/C18H16FNO3/c1-3-22-17-10-13(11-20)4-9-16(17)23-12(2)18(21)14-5-7-15(19)8-6-14/h4-10,12H,3H2,1-2H3/t12-/m0/s1. The van der Waals surface area contributed by atoms with Crippen molar-refractivity contribution in [2.75, 3.05) is 6.61 Å². The first kappa shape index (κ1) is 16.5. The minimum atomic E-state index is -0.771. The lowest BCUT2D eigenvalue weighted by Crippen LogP contribution is -2.24. The second-order valence-corrected chi connectivity index (χ2v) is 4.84. The van der Waals surface area contributed by atoms with Crippen LogP contribution in [0, 0.1) is 17.1 Å². The Morgan fingerprint density at radius 3 is 2.52 bits per heavy atom. The van der Waals surface area contributed by atoms with E-state index in [4.69, 9.17) is 14.7 Å². The molecule has 0 spiro atoms. The summed E-state index contributed by atoms with van der Waals surface area (Å²) in [4.78, 5) is 12.3. The van der Waals surface area contributed by atoms with Crippen LogP contribution in [0.15, 0.2) is 42.5 Å².